The first-order valence-electron chi connectivity index (χ1n) is 5.63. The van der Waals surface area contributed by atoms with Gasteiger partial charge in [0.2, 0.25) is 0 Å². The average molecular weight is 325 g/mol. The Morgan fingerprint density at radius 1 is 1.10 bits per heavy atom. The van der Waals surface area contributed by atoms with Crippen LogP contribution in [-0.2, 0) is 37.7 Å². The molecular formula is C16H19CrNO3. The van der Waals surface area contributed by atoms with Crippen molar-refractivity contribution in [2.45, 2.75) is 19.4 Å². The largest absolute Gasteiger partial charge is 0 e. The first kappa shape index (κ1) is 27.9. The van der Waals surface area contributed by atoms with E-state index in [2.05, 4.69) is 76.7 Å². The van der Waals surface area contributed by atoms with Gasteiger partial charge in [-0.3, -0.25) is 0 Å². The van der Waals surface area contributed by atoms with Crippen molar-refractivity contribution >= 4 is 0 Å². The molecule has 0 aliphatic rings. The van der Waals surface area contributed by atoms with Crippen molar-refractivity contribution in [1.82, 2.24) is 4.90 Å². The van der Waals surface area contributed by atoms with Crippen LogP contribution < -0.4 is 0 Å². The summed E-state index contributed by atoms with van der Waals surface area (Å²) in [5.74, 6) is 0. The summed E-state index contributed by atoms with van der Waals surface area (Å²) in [7, 11) is 4.21. The molecule has 0 aliphatic heterocycles. The third-order valence-electron chi connectivity index (χ3n) is 2.64. The third kappa shape index (κ3) is 12.1. The van der Waals surface area contributed by atoms with Gasteiger partial charge >= 0.3 is 33.9 Å². The van der Waals surface area contributed by atoms with Crippen LogP contribution in [0.3, 0.4) is 0 Å². The maximum absolute atomic E-state index is 7.50. The van der Waals surface area contributed by atoms with Crippen LogP contribution in [0.4, 0.5) is 0 Å². The minimum Gasteiger partial charge on any atom is 0 e. The number of rotatable bonds is 4. The third-order valence-corrected chi connectivity index (χ3v) is 2.64. The van der Waals surface area contributed by atoms with Crippen molar-refractivity contribution < 1.29 is 31.3 Å². The summed E-state index contributed by atoms with van der Waals surface area (Å²) >= 11 is 0. The van der Waals surface area contributed by atoms with E-state index in [1.165, 1.54) is 11.1 Å². The van der Waals surface area contributed by atoms with Crippen LogP contribution in [0, 0.1) is 20.0 Å². The molecule has 0 spiro atoms. The van der Waals surface area contributed by atoms with Crippen molar-refractivity contribution in [3.8, 4) is 0 Å². The Labute approximate surface area is 138 Å². The fourth-order valence-electron chi connectivity index (χ4n) is 1.56. The van der Waals surface area contributed by atoms with Gasteiger partial charge < -0.3 is 4.90 Å². The molecule has 0 aliphatic carbocycles. The van der Waals surface area contributed by atoms with E-state index in [-0.39, 0.29) is 17.4 Å². The Morgan fingerprint density at radius 3 is 1.90 bits per heavy atom. The SMILES string of the molecule is C=CCc1ccccc1C(C)N(C)C.[C-]#[O+].[C-]#[O+].[C-]#[O+].[Cr]. The zero-order valence-corrected chi connectivity index (χ0v) is 13.7. The van der Waals surface area contributed by atoms with E-state index in [1.807, 2.05) is 6.08 Å². The summed E-state index contributed by atoms with van der Waals surface area (Å²) < 4.78 is 22.5. The molecule has 0 saturated heterocycles. The Balaban J connectivity index is -0.000000183. The molecule has 0 radical (unpaired) electrons. The summed E-state index contributed by atoms with van der Waals surface area (Å²) in [6.45, 7) is 19.5. The molecule has 0 aromatic heterocycles. The molecule has 0 heterocycles. The average Bonchev–Trinajstić information content (AvgIpc) is 2.53. The standard InChI is InChI=1S/C13H19N.3CO.Cr/c1-5-8-12-9-6-7-10-13(12)11(2)14(3)4;3*1-2;/h5-7,9-11H,1,8H2,2-4H3;;;;. The minimum absolute atomic E-state index is 0. The molecular weight excluding hydrogens is 306 g/mol. The minimum atomic E-state index is 0. The van der Waals surface area contributed by atoms with E-state index in [0.717, 1.165) is 6.42 Å². The van der Waals surface area contributed by atoms with Crippen LogP contribution in [0.15, 0.2) is 36.9 Å². The van der Waals surface area contributed by atoms with Crippen LogP contribution in [0.5, 0.6) is 0 Å². The van der Waals surface area contributed by atoms with Gasteiger partial charge in [-0.25, -0.2) is 0 Å². The fraction of sp³-hybridized carbons (Fsp3) is 0.312. The molecule has 0 bridgehead atoms. The van der Waals surface area contributed by atoms with Gasteiger partial charge in [0, 0.05) is 23.4 Å². The number of hydrogen-bond donors (Lipinski definition) is 0. The Hall–Kier alpha value is -1.33. The van der Waals surface area contributed by atoms with Crippen molar-refractivity contribution in [2.24, 2.45) is 0 Å². The van der Waals surface area contributed by atoms with Gasteiger partial charge in [0.1, 0.15) is 0 Å². The summed E-state index contributed by atoms with van der Waals surface area (Å²) in [5.41, 5.74) is 2.78. The fourth-order valence-corrected chi connectivity index (χ4v) is 1.56. The van der Waals surface area contributed by atoms with Gasteiger partial charge in [0.25, 0.3) is 0 Å². The summed E-state index contributed by atoms with van der Waals surface area (Å²) in [5, 5.41) is 0. The van der Waals surface area contributed by atoms with E-state index in [9.17, 15) is 0 Å². The molecule has 4 nitrogen and oxygen atoms in total. The zero-order valence-electron chi connectivity index (χ0n) is 12.5. The second-order valence-corrected chi connectivity index (χ2v) is 3.83. The summed E-state index contributed by atoms with van der Waals surface area (Å²) in [6.07, 6.45) is 2.91. The van der Waals surface area contributed by atoms with E-state index in [1.54, 1.807) is 0 Å². The second kappa shape index (κ2) is 21.0. The van der Waals surface area contributed by atoms with Crippen LogP contribution >= 0.6 is 0 Å². The van der Waals surface area contributed by atoms with Crippen molar-refractivity contribution in [3.05, 3.63) is 68.0 Å². The normalized spacial score (nSPS) is 8.86. The molecule has 0 amide bonds. The zero-order chi connectivity index (χ0) is 16.6. The van der Waals surface area contributed by atoms with Crippen molar-refractivity contribution in [2.75, 3.05) is 14.1 Å². The second-order valence-electron chi connectivity index (χ2n) is 3.83. The molecule has 1 atom stereocenters. The van der Waals surface area contributed by atoms with Gasteiger partial charge in [-0.2, -0.15) is 0 Å². The Kier molecular flexibility index (Phi) is 27.9. The quantitative estimate of drug-likeness (QED) is 0.477. The molecule has 0 saturated carbocycles. The molecule has 1 unspecified atom stereocenters. The van der Waals surface area contributed by atoms with Crippen LogP contribution in [0.2, 0.25) is 0 Å². The molecule has 0 fully saturated rings. The Bertz CT molecular complexity index is 411. The molecule has 112 valence electrons. The van der Waals surface area contributed by atoms with Crippen LogP contribution in [-0.4, -0.2) is 19.0 Å². The predicted octanol–water partition coefficient (Wildman–Crippen LogP) is 2.92. The molecule has 1 aromatic carbocycles. The number of hydrogen-bond acceptors (Lipinski definition) is 1. The predicted molar refractivity (Wildman–Crippen MR) is 74.2 cm³/mol. The number of benzene rings is 1. The van der Waals surface area contributed by atoms with Gasteiger partial charge in [-0.1, -0.05) is 30.3 Å². The van der Waals surface area contributed by atoms with E-state index in [0.29, 0.717) is 6.04 Å². The topological polar surface area (TPSA) is 62.9 Å². The van der Waals surface area contributed by atoms with E-state index < -0.39 is 0 Å². The van der Waals surface area contributed by atoms with Gasteiger partial charge in [-0.15, -0.1) is 6.58 Å². The van der Waals surface area contributed by atoms with Crippen molar-refractivity contribution in [1.29, 1.82) is 0 Å². The maximum atomic E-state index is 7.50. The molecule has 1 rings (SSSR count). The monoisotopic (exact) mass is 325 g/mol. The van der Waals surface area contributed by atoms with E-state index in [4.69, 9.17) is 14.0 Å². The molecule has 5 heteroatoms. The van der Waals surface area contributed by atoms with Crippen LogP contribution in [0.25, 0.3) is 0 Å². The number of allylic oxidation sites excluding steroid dienone is 1. The summed E-state index contributed by atoms with van der Waals surface area (Å²) in [4.78, 5) is 2.22. The van der Waals surface area contributed by atoms with E-state index >= 15 is 0 Å². The molecule has 1 aromatic rings. The van der Waals surface area contributed by atoms with Crippen LogP contribution in [0.1, 0.15) is 24.1 Å². The summed E-state index contributed by atoms with van der Waals surface area (Å²) in [6, 6.07) is 9.03. The molecule has 21 heavy (non-hydrogen) atoms. The first-order chi connectivity index (χ1) is 9.66. The number of nitrogens with zero attached hydrogens (tertiary/aromatic N) is 1. The van der Waals surface area contributed by atoms with Crippen molar-refractivity contribution in [3.63, 3.8) is 0 Å². The maximum Gasteiger partial charge on any atom is 0 e. The van der Waals surface area contributed by atoms with Gasteiger partial charge in [-0.05, 0) is 38.6 Å². The first-order valence-corrected chi connectivity index (χ1v) is 5.63. The smallest absolute Gasteiger partial charge is 0 e. The molecule has 0 N–H and O–H groups in total. The van der Waals surface area contributed by atoms with Gasteiger partial charge in [0.05, 0.1) is 0 Å². The Morgan fingerprint density at radius 2 is 1.52 bits per heavy atom. The van der Waals surface area contributed by atoms with Gasteiger partial charge in [0.15, 0.2) is 0 Å².